The zero-order chi connectivity index (χ0) is 11.4. The highest BCUT2D eigenvalue weighted by Gasteiger charge is 2.32. The van der Waals surface area contributed by atoms with Crippen LogP contribution in [-0.4, -0.2) is 18.5 Å². The van der Waals surface area contributed by atoms with Gasteiger partial charge in [-0.25, -0.2) is 8.78 Å². The monoisotopic (exact) mass is 208 g/mol. The first kappa shape index (κ1) is 13.3. The highest BCUT2D eigenvalue weighted by Crippen LogP contribution is 2.24. The smallest absolute Gasteiger partial charge is 0.311 e. The maximum atomic E-state index is 12.7. The van der Waals surface area contributed by atoms with Crippen molar-refractivity contribution in [2.75, 3.05) is 6.61 Å². The van der Waals surface area contributed by atoms with Gasteiger partial charge in [-0.3, -0.25) is 4.79 Å². The number of carbonyl (C=O) groups is 1. The standard InChI is InChI=1S/C10H18F2O2/c1-5-9(3,4)8(13)14-7-10(11,12)6-2/h5-7H2,1-4H3. The van der Waals surface area contributed by atoms with Crippen LogP contribution in [0.25, 0.3) is 0 Å². The number of halogens is 2. The predicted octanol–water partition coefficient (Wildman–Crippen LogP) is 3.01. The Morgan fingerprint density at radius 1 is 1.21 bits per heavy atom. The van der Waals surface area contributed by atoms with Gasteiger partial charge in [0.2, 0.25) is 0 Å². The molecular formula is C10H18F2O2. The minimum Gasteiger partial charge on any atom is -0.459 e. The zero-order valence-corrected chi connectivity index (χ0v) is 9.19. The highest BCUT2D eigenvalue weighted by molar-refractivity contribution is 5.75. The van der Waals surface area contributed by atoms with Crippen molar-refractivity contribution in [2.45, 2.75) is 46.5 Å². The SMILES string of the molecule is CCC(F)(F)COC(=O)C(C)(C)CC. The lowest BCUT2D eigenvalue weighted by atomic mass is 9.91. The molecule has 0 amide bonds. The minimum atomic E-state index is -2.90. The van der Waals surface area contributed by atoms with Gasteiger partial charge in [0.15, 0.2) is 6.61 Å². The fraction of sp³-hybridized carbons (Fsp3) is 0.900. The van der Waals surface area contributed by atoms with Gasteiger partial charge in [0.1, 0.15) is 0 Å². The van der Waals surface area contributed by atoms with Crippen LogP contribution in [0.2, 0.25) is 0 Å². The molecule has 84 valence electrons. The van der Waals surface area contributed by atoms with E-state index in [0.717, 1.165) is 0 Å². The number of hydrogen-bond donors (Lipinski definition) is 0. The summed E-state index contributed by atoms with van der Waals surface area (Å²) in [6, 6.07) is 0. The molecule has 0 aromatic heterocycles. The van der Waals surface area contributed by atoms with Gasteiger partial charge in [-0.05, 0) is 20.3 Å². The Morgan fingerprint density at radius 2 is 1.71 bits per heavy atom. The first-order chi connectivity index (χ1) is 6.25. The van der Waals surface area contributed by atoms with Crippen LogP contribution in [0.5, 0.6) is 0 Å². The predicted molar refractivity (Wildman–Crippen MR) is 50.3 cm³/mol. The summed E-state index contributed by atoms with van der Waals surface area (Å²) in [6.45, 7) is 5.72. The van der Waals surface area contributed by atoms with Gasteiger partial charge >= 0.3 is 5.97 Å². The second kappa shape index (κ2) is 4.71. The van der Waals surface area contributed by atoms with E-state index < -0.39 is 23.9 Å². The van der Waals surface area contributed by atoms with Crippen LogP contribution in [0, 0.1) is 5.41 Å². The zero-order valence-electron chi connectivity index (χ0n) is 9.19. The van der Waals surface area contributed by atoms with Crippen LogP contribution in [0.15, 0.2) is 0 Å². The van der Waals surface area contributed by atoms with E-state index >= 15 is 0 Å². The third kappa shape index (κ3) is 4.03. The summed E-state index contributed by atoms with van der Waals surface area (Å²) < 4.78 is 30.0. The van der Waals surface area contributed by atoms with Crippen molar-refractivity contribution in [1.29, 1.82) is 0 Å². The lowest BCUT2D eigenvalue weighted by Gasteiger charge is -2.22. The highest BCUT2D eigenvalue weighted by atomic mass is 19.3. The lowest BCUT2D eigenvalue weighted by Crippen LogP contribution is -2.31. The Labute approximate surface area is 83.6 Å². The van der Waals surface area contributed by atoms with E-state index in [0.29, 0.717) is 6.42 Å². The Bertz CT molecular complexity index is 200. The second-order valence-electron chi connectivity index (χ2n) is 4.02. The third-order valence-corrected chi connectivity index (χ3v) is 2.37. The Kier molecular flexibility index (Phi) is 4.49. The Hall–Kier alpha value is -0.670. The quantitative estimate of drug-likeness (QED) is 0.649. The summed E-state index contributed by atoms with van der Waals surface area (Å²) in [6.07, 6.45) is 0.260. The molecule has 0 rings (SSSR count). The normalized spacial score (nSPS) is 12.7. The van der Waals surface area contributed by atoms with Crippen molar-refractivity contribution in [1.82, 2.24) is 0 Å². The fourth-order valence-electron chi connectivity index (χ4n) is 0.613. The second-order valence-corrected chi connectivity index (χ2v) is 4.02. The molecule has 0 saturated carbocycles. The summed E-state index contributed by atoms with van der Waals surface area (Å²) in [5.41, 5.74) is -0.677. The molecular weight excluding hydrogens is 190 g/mol. The topological polar surface area (TPSA) is 26.3 Å². The van der Waals surface area contributed by atoms with Crippen molar-refractivity contribution >= 4 is 5.97 Å². The number of ether oxygens (including phenoxy) is 1. The van der Waals surface area contributed by atoms with E-state index in [2.05, 4.69) is 4.74 Å². The summed E-state index contributed by atoms with van der Waals surface area (Å²) in [7, 11) is 0. The fourth-order valence-corrected chi connectivity index (χ4v) is 0.613. The van der Waals surface area contributed by atoms with Gasteiger partial charge in [-0.15, -0.1) is 0 Å². The van der Waals surface area contributed by atoms with E-state index in [1.165, 1.54) is 6.92 Å². The molecule has 0 aromatic rings. The van der Waals surface area contributed by atoms with Gasteiger partial charge in [0, 0.05) is 6.42 Å². The van der Waals surface area contributed by atoms with Crippen LogP contribution in [0.1, 0.15) is 40.5 Å². The maximum Gasteiger partial charge on any atom is 0.311 e. The summed E-state index contributed by atoms with van der Waals surface area (Å²) in [5, 5.41) is 0. The molecule has 0 aliphatic carbocycles. The van der Waals surface area contributed by atoms with Crippen molar-refractivity contribution < 1.29 is 18.3 Å². The van der Waals surface area contributed by atoms with Gasteiger partial charge in [0.05, 0.1) is 5.41 Å². The molecule has 0 unspecified atom stereocenters. The van der Waals surface area contributed by atoms with Gasteiger partial charge in [0.25, 0.3) is 5.92 Å². The largest absolute Gasteiger partial charge is 0.459 e. The number of rotatable bonds is 5. The van der Waals surface area contributed by atoms with Crippen molar-refractivity contribution in [3.05, 3.63) is 0 Å². The molecule has 2 nitrogen and oxygen atoms in total. The molecule has 0 aromatic carbocycles. The van der Waals surface area contributed by atoms with Gasteiger partial charge in [-0.1, -0.05) is 13.8 Å². The summed E-state index contributed by atoms with van der Waals surface area (Å²) in [4.78, 5) is 11.3. The van der Waals surface area contributed by atoms with Gasteiger partial charge < -0.3 is 4.74 Å². The van der Waals surface area contributed by atoms with Crippen LogP contribution in [0.4, 0.5) is 8.78 Å². The molecule has 0 aliphatic rings. The number of carbonyl (C=O) groups excluding carboxylic acids is 1. The minimum absolute atomic E-state index is 0.313. The van der Waals surface area contributed by atoms with Crippen LogP contribution < -0.4 is 0 Å². The van der Waals surface area contributed by atoms with Crippen LogP contribution in [-0.2, 0) is 9.53 Å². The van der Waals surface area contributed by atoms with Crippen molar-refractivity contribution in [3.63, 3.8) is 0 Å². The molecule has 0 fully saturated rings. The molecule has 0 heterocycles. The van der Waals surface area contributed by atoms with E-state index in [-0.39, 0.29) is 6.42 Å². The first-order valence-electron chi connectivity index (χ1n) is 4.80. The van der Waals surface area contributed by atoms with Crippen molar-refractivity contribution in [3.8, 4) is 0 Å². The van der Waals surface area contributed by atoms with Crippen LogP contribution in [0.3, 0.4) is 0 Å². The number of alkyl halides is 2. The molecule has 4 heteroatoms. The summed E-state index contributed by atoms with van der Waals surface area (Å²) in [5.74, 6) is -3.47. The third-order valence-electron chi connectivity index (χ3n) is 2.37. The molecule has 0 N–H and O–H groups in total. The molecule has 0 spiro atoms. The van der Waals surface area contributed by atoms with Crippen LogP contribution >= 0.6 is 0 Å². The summed E-state index contributed by atoms with van der Waals surface area (Å²) >= 11 is 0. The lowest BCUT2D eigenvalue weighted by molar-refractivity contribution is -0.165. The van der Waals surface area contributed by atoms with Crippen molar-refractivity contribution in [2.24, 2.45) is 5.41 Å². The molecule has 0 atom stereocenters. The van der Waals surface area contributed by atoms with Gasteiger partial charge in [-0.2, -0.15) is 0 Å². The van der Waals surface area contributed by atoms with E-state index in [9.17, 15) is 13.6 Å². The Balaban J connectivity index is 4.10. The average molecular weight is 208 g/mol. The molecule has 14 heavy (non-hydrogen) atoms. The maximum absolute atomic E-state index is 12.7. The average Bonchev–Trinajstić information content (AvgIpc) is 2.14. The molecule has 0 aliphatic heterocycles. The van der Waals surface area contributed by atoms with E-state index in [1.807, 2.05) is 6.92 Å². The number of hydrogen-bond acceptors (Lipinski definition) is 2. The number of esters is 1. The first-order valence-corrected chi connectivity index (χ1v) is 4.80. The molecule has 0 radical (unpaired) electrons. The molecule has 0 saturated heterocycles. The Morgan fingerprint density at radius 3 is 2.07 bits per heavy atom. The van der Waals surface area contributed by atoms with E-state index in [1.54, 1.807) is 13.8 Å². The molecule has 0 bridgehead atoms. The van der Waals surface area contributed by atoms with E-state index in [4.69, 9.17) is 0 Å².